The Labute approximate surface area is 221 Å². The van der Waals surface area contributed by atoms with Gasteiger partial charge in [-0.2, -0.15) is 0 Å². The van der Waals surface area contributed by atoms with E-state index in [1.165, 1.54) is 16.2 Å². The Morgan fingerprint density at radius 2 is 1.78 bits per heavy atom. The summed E-state index contributed by atoms with van der Waals surface area (Å²) in [6, 6.07) is 9.43. The fourth-order valence-corrected chi connectivity index (χ4v) is 6.92. The Morgan fingerprint density at radius 3 is 2.51 bits per heavy atom. The predicted molar refractivity (Wildman–Crippen MR) is 142 cm³/mol. The molecule has 9 heteroatoms. The number of fused-ring (bicyclic) bond motifs is 1. The lowest BCUT2D eigenvalue weighted by molar-refractivity contribution is -0.138. The molecular weight excluding hydrogens is 490 g/mol. The van der Waals surface area contributed by atoms with Crippen LogP contribution in [-0.4, -0.2) is 54.8 Å². The van der Waals surface area contributed by atoms with Crippen molar-refractivity contribution in [1.29, 1.82) is 0 Å². The zero-order valence-corrected chi connectivity index (χ0v) is 22.0. The lowest BCUT2D eigenvalue weighted by atomic mass is 9.94. The van der Waals surface area contributed by atoms with E-state index in [0.717, 1.165) is 36.9 Å². The second kappa shape index (κ2) is 11.0. The number of esters is 1. The van der Waals surface area contributed by atoms with Gasteiger partial charge in [0.15, 0.2) is 0 Å². The highest BCUT2D eigenvalue weighted by Gasteiger charge is 2.39. The number of rotatable bonds is 6. The lowest BCUT2D eigenvalue weighted by Gasteiger charge is -2.32. The number of piperidine rings is 1. The van der Waals surface area contributed by atoms with Gasteiger partial charge in [0.05, 0.1) is 18.1 Å². The van der Waals surface area contributed by atoms with Crippen molar-refractivity contribution in [2.75, 3.05) is 36.5 Å². The zero-order chi connectivity index (χ0) is 25.9. The van der Waals surface area contributed by atoms with Gasteiger partial charge in [0.1, 0.15) is 5.00 Å². The van der Waals surface area contributed by atoms with Crippen LogP contribution in [-0.2, 0) is 32.0 Å². The van der Waals surface area contributed by atoms with Gasteiger partial charge in [0, 0.05) is 42.5 Å². The zero-order valence-electron chi connectivity index (χ0n) is 21.2. The Hall–Kier alpha value is -3.20. The Morgan fingerprint density at radius 1 is 1.05 bits per heavy atom. The summed E-state index contributed by atoms with van der Waals surface area (Å²) in [6.07, 6.45) is 5.21. The fourth-order valence-electron chi connectivity index (χ4n) is 5.64. The van der Waals surface area contributed by atoms with Crippen molar-refractivity contribution >= 4 is 45.7 Å². The van der Waals surface area contributed by atoms with Crippen molar-refractivity contribution in [1.82, 2.24) is 4.90 Å². The van der Waals surface area contributed by atoms with E-state index >= 15 is 0 Å². The molecule has 2 saturated heterocycles. The summed E-state index contributed by atoms with van der Waals surface area (Å²) >= 11 is 1.50. The van der Waals surface area contributed by atoms with Gasteiger partial charge >= 0.3 is 5.97 Å². The van der Waals surface area contributed by atoms with Crippen LogP contribution in [0.25, 0.3) is 0 Å². The molecule has 8 nitrogen and oxygen atoms in total. The topological polar surface area (TPSA) is 96.0 Å². The van der Waals surface area contributed by atoms with Gasteiger partial charge < -0.3 is 19.9 Å². The van der Waals surface area contributed by atoms with Crippen LogP contribution in [0.1, 0.15) is 59.8 Å². The van der Waals surface area contributed by atoms with Gasteiger partial charge in [-0.15, -0.1) is 11.3 Å². The number of nitrogens with zero attached hydrogens (tertiary/aromatic N) is 2. The number of para-hydroxylation sites is 1. The van der Waals surface area contributed by atoms with Crippen LogP contribution in [0.3, 0.4) is 0 Å². The van der Waals surface area contributed by atoms with E-state index in [1.54, 1.807) is 16.7 Å². The number of amides is 3. The maximum absolute atomic E-state index is 13.2. The van der Waals surface area contributed by atoms with Crippen molar-refractivity contribution < 1.29 is 23.9 Å². The van der Waals surface area contributed by atoms with Crippen LogP contribution in [0.5, 0.6) is 0 Å². The monoisotopic (exact) mass is 523 g/mol. The molecule has 3 amide bonds. The first-order valence-electron chi connectivity index (χ1n) is 13.2. The van der Waals surface area contributed by atoms with Crippen LogP contribution in [0.2, 0.25) is 0 Å². The van der Waals surface area contributed by atoms with E-state index in [1.807, 2.05) is 30.3 Å². The number of carbonyl (C=O) groups excluding carboxylic acids is 4. The predicted octanol–water partition coefficient (Wildman–Crippen LogP) is 4.03. The number of nitrogens with one attached hydrogen (secondary N) is 1. The third kappa shape index (κ3) is 5.28. The molecule has 3 aliphatic rings. The van der Waals surface area contributed by atoms with Crippen molar-refractivity contribution in [3.8, 4) is 0 Å². The number of anilines is 2. The van der Waals surface area contributed by atoms with Crippen molar-refractivity contribution in [3.05, 3.63) is 46.3 Å². The number of aryl methyl sites for hydroxylation is 1. The molecular formula is C28H33N3O5S. The fraction of sp³-hybridized carbons (Fsp3) is 0.500. The SMILES string of the molecule is CCOC(=O)c1c(NC(=O)C2CCN(C(=O)C3CC(=O)N(c4ccccc4)C3)CC2)sc2c1CCCC2. The molecule has 2 aromatic rings. The summed E-state index contributed by atoms with van der Waals surface area (Å²) in [5, 5.41) is 3.63. The lowest BCUT2D eigenvalue weighted by Crippen LogP contribution is -2.44. The normalized spacial score (nSPS) is 20.0. The molecule has 1 unspecified atom stereocenters. The van der Waals surface area contributed by atoms with Crippen molar-refractivity contribution in [2.45, 2.75) is 51.9 Å². The largest absolute Gasteiger partial charge is 0.462 e. The average molecular weight is 524 g/mol. The number of hydrogen-bond donors (Lipinski definition) is 1. The summed E-state index contributed by atoms with van der Waals surface area (Å²) in [5.74, 6) is -1.11. The molecule has 1 N–H and O–H groups in total. The molecule has 0 bridgehead atoms. The molecule has 3 heterocycles. The van der Waals surface area contributed by atoms with Gasteiger partial charge in [0.2, 0.25) is 17.7 Å². The number of carbonyl (C=O) groups is 4. The quantitative estimate of drug-likeness (QED) is 0.577. The summed E-state index contributed by atoms with van der Waals surface area (Å²) in [7, 11) is 0. The Balaban J connectivity index is 1.19. The molecule has 1 aromatic heterocycles. The second-order valence-corrected chi connectivity index (χ2v) is 11.1. The minimum absolute atomic E-state index is 0.0128. The number of likely N-dealkylation sites (tertiary alicyclic amines) is 1. The maximum atomic E-state index is 13.2. The highest BCUT2D eigenvalue weighted by molar-refractivity contribution is 7.17. The Kier molecular flexibility index (Phi) is 7.60. The summed E-state index contributed by atoms with van der Waals surface area (Å²) < 4.78 is 5.30. The molecule has 196 valence electrons. The third-order valence-electron chi connectivity index (χ3n) is 7.61. The van der Waals surface area contributed by atoms with E-state index < -0.39 is 0 Å². The first-order valence-corrected chi connectivity index (χ1v) is 14.0. The smallest absolute Gasteiger partial charge is 0.341 e. The molecule has 5 rings (SSSR count). The summed E-state index contributed by atoms with van der Waals surface area (Å²) in [4.78, 5) is 56.3. The molecule has 37 heavy (non-hydrogen) atoms. The van der Waals surface area contributed by atoms with Crippen LogP contribution in [0.15, 0.2) is 30.3 Å². The van der Waals surface area contributed by atoms with E-state index in [-0.39, 0.29) is 41.9 Å². The van der Waals surface area contributed by atoms with E-state index in [9.17, 15) is 19.2 Å². The third-order valence-corrected chi connectivity index (χ3v) is 8.81. The first kappa shape index (κ1) is 25.4. The molecule has 2 aliphatic heterocycles. The van der Waals surface area contributed by atoms with Gasteiger partial charge in [-0.25, -0.2) is 4.79 Å². The van der Waals surface area contributed by atoms with Crippen molar-refractivity contribution in [3.63, 3.8) is 0 Å². The van der Waals surface area contributed by atoms with Gasteiger partial charge in [-0.05, 0) is 63.1 Å². The number of benzene rings is 1. The maximum Gasteiger partial charge on any atom is 0.341 e. The van der Waals surface area contributed by atoms with Gasteiger partial charge in [-0.1, -0.05) is 18.2 Å². The standard InChI is InChI=1S/C28H33N3O5S/c1-2-36-28(35)24-21-10-6-7-11-22(21)37-26(24)29-25(33)18-12-14-30(15-13-18)27(34)19-16-23(32)31(17-19)20-8-4-3-5-9-20/h3-5,8-9,18-19H,2,6-7,10-17H2,1H3,(H,29,33). The molecule has 0 saturated carbocycles. The van der Waals surface area contributed by atoms with Gasteiger partial charge in [0.25, 0.3) is 0 Å². The molecule has 1 aliphatic carbocycles. The highest BCUT2D eigenvalue weighted by Crippen LogP contribution is 2.39. The average Bonchev–Trinajstić information content (AvgIpc) is 3.49. The minimum atomic E-state index is -0.367. The first-order chi connectivity index (χ1) is 18.0. The minimum Gasteiger partial charge on any atom is -0.462 e. The second-order valence-electron chi connectivity index (χ2n) is 9.97. The molecule has 2 fully saturated rings. The molecule has 1 atom stereocenters. The highest BCUT2D eigenvalue weighted by atomic mass is 32.1. The van der Waals surface area contributed by atoms with Crippen LogP contribution in [0, 0.1) is 11.8 Å². The number of thiophene rings is 1. The van der Waals surface area contributed by atoms with Crippen LogP contribution in [0.4, 0.5) is 10.7 Å². The number of hydrogen-bond acceptors (Lipinski definition) is 6. The van der Waals surface area contributed by atoms with Crippen LogP contribution < -0.4 is 10.2 Å². The van der Waals surface area contributed by atoms with E-state index in [0.29, 0.717) is 49.6 Å². The molecule has 0 radical (unpaired) electrons. The number of ether oxygens (including phenoxy) is 1. The Bertz CT molecular complexity index is 1190. The molecule has 1 aromatic carbocycles. The van der Waals surface area contributed by atoms with E-state index in [4.69, 9.17) is 4.74 Å². The van der Waals surface area contributed by atoms with Gasteiger partial charge in [-0.3, -0.25) is 14.4 Å². The molecule has 0 spiro atoms. The van der Waals surface area contributed by atoms with E-state index in [2.05, 4.69) is 5.32 Å². The van der Waals surface area contributed by atoms with Crippen molar-refractivity contribution in [2.24, 2.45) is 11.8 Å². The van der Waals surface area contributed by atoms with Crippen LogP contribution >= 0.6 is 11.3 Å². The summed E-state index contributed by atoms with van der Waals surface area (Å²) in [5.41, 5.74) is 2.37. The summed E-state index contributed by atoms with van der Waals surface area (Å²) in [6.45, 7) is 3.43.